The lowest BCUT2D eigenvalue weighted by Crippen LogP contribution is -2.29. The van der Waals surface area contributed by atoms with Crippen molar-refractivity contribution in [3.8, 4) is 0 Å². The van der Waals surface area contributed by atoms with Gasteiger partial charge in [0, 0.05) is 23.7 Å². The van der Waals surface area contributed by atoms with Gasteiger partial charge in [0.2, 0.25) is 0 Å². The van der Waals surface area contributed by atoms with Crippen LogP contribution in [0.25, 0.3) is 17.0 Å². The Labute approximate surface area is 166 Å². The predicted octanol–water partition coefficient (Wildman–Crippen LogP) is 3.73. The third-order valence-electron chi connectivity index (χ3n) is 4.10. The Morgan fingerprint density at radius 3 is 2.72 bits per heavy atom. The summed E-state index contributed by atoms with van der Waals surface area (Å²) in [5, 5.41) is 14.5. The fourth-order valence-corrected chi connectivity index (χ4v) is 2.67. The maximum atomic E-state index is 12.4. The van der Waals surface area contributed by atoms with E-state index in [0.29, 0.717) is 5.69 Å². The van der Waals surface area contributed by atoms with Crippen molar-refractivity contribution in [3.63, 3.8) is 0 Å². The largest absolute Gasteiger partial charge is 0.449 e. The number of esters is 1. The van der Waals surface area contributed by atoms with Gasteiger partial charge in [-0.3, -0.25) is 19.9 Å². The highest BCUT2D eigenvalue weighted by molar-refractivity contribution is 6.03. The monoisotopic (exact) mass is 391 g/mol. The summed E-state index contributed by atoms with van der Waals surface area (Å²) in [5.74, 6) is -1.29. The molecule has 29 heavy (non-hydrogen) atoms. The SMILES string of the molecule is CC(OC(=O)/C=C/c1ccccc1[N+](=O)[O-])C(=O)Nc1cccc2ncccc12. The molecule has 8 heteroatoms. The molecule has 1 N–H and O–H groups in total. The number of rotatable bonds is 6. The third kappa shape index (κ3) is 4.81. The number of aromatic nitrogens is 1. The van der Waals surface area contributed by atoms with Gasteiger partial charge in [0.1, 0.15) is 0 Å². The molecule has 1 amide bonds. The van der Waals surface area contributed by atoms with Gasteiger partial charge in [-0.25, -0.2) is 4.79 Å². The number of amides is 1. The quantitative estimate of drug-likeness (QED) is 0.297. The minimum atomic E-state index is -1.06. The van der Waals surface area contributed by atoms with Crippen molar-refractivity contribution in [2.75, 3.05) is 5.32 Å². The van der Waals surface area contributed by atoms with Crippen LogP contribution in [0.5, 0.6) is 0 Å². The zero-order valence-corrected chi connectivity index (χ0v) is 15.4. The van der Waals surface area contributed by atoms with E-state index in [-0.39, 0.29) is 11.3 Å². The molecule has 2 aromatic carbocycles. The normalized spacial score (nSPS) is 11.9. The molecule has 3 rings (SSSR count). The number of hydrogen-bond acceptors (Lipinski definition) is 6. The number of benzene rings is 2. The van der Waals surface area contributed by atoms with E-state index >= 15 is 0 Å². The standard InChI is InChI=1S/C21H17N3O5/c1-14(21(26)23-18-9-4-8-17-16(18)7-5-13-22-17)29-20(25)12-11-15-6-2-3-10-19(15)24(27)28/h2-14H,1H3,(H,23,26)/b12-11+. The zero-order chi connectivity index (χ0) is 20.8. The van der Waals surface area contributed by atoms with Crippen LogP contribution in [-0.4, -0.2) is 27.9 Å². The average Bonchev–Trinajstić information content (AvgIpc) is 2.72. The zero-order valence-electron chi connectivity index (χ0n) is 15.4. The number of fused-ring (bicyclic) bond motifs is 1. The van der Waals surface area contributed by atoms with Crippen LogP contribution in [0.15, 0.2) is 66.9 Å². The molecule has 0 saturated heterocycles. The van der Waals surface area contributed by atoms with Crippen molar-refractivity contribution in [3.05, 3.63) is 82.5 Å². The highest BCUT2D eigenvalue weighted by Crippen LogP contribution is 2.22. The average molecular weight is 391 g/mol. The van der Waals surface area contributed by atoms with E-state index in [1.807, 2.05) is 12.1 Å². The smallest absolute Gasteiger partial charge is 0.331 e. The van der Waals surface area contributed by atoms with E-state index in [0.717, 1.165) is 17.0 Å². The summed E-state index contributed by atoms with van der Waals surface area (Å²) in [6.45, 7) is 1.44. The Morgan fingerprint density at radius 2 is 1.93 bits per heavy atom. The number of hydrogen-bond donors (Lipinski definition) is 1. The lowest BCUT2D eigenvalue weighted by Gasteiger charge is -2.13. The van der Waals surface area contributed by atoms with Crippen molar-refractivity contribution in [1.29, 1.82) is 0 Å². The first kappa shape index (κ1) is 19.7. The second-order valence-electron chi connectivity index (χ2n) is 6.09. The molecule has 0 fully saturated rings. The van der Waals surface area contributed by atoms with Gasteiger partial charge in [0.05, 0.1) is 21.7 Å². The number of nitro benzene ring substituents is 1. The van der Waals surface area contributed by atoms with Gasteiger partial charge in [-0.15, -0.1) is 0 Å². The maximum Gasteiger partial charge on any atom is 0.331 e. The fourth-order valence-electron chi connectivity index (χ4n) is 2.67. The third-order valence-corrected chi connectivity index (χ3v) is 4.10. The molecule has 0 spiro atoms. The number of nitro groups is 1. The minimum Gasteiger partial charge on any atom is -0.449 e. The number of nitrogens with one attached hydrogen (secondary N) is 1. The Balaban J connectivity index is 1.65. The summed E-state index contributed by atoms with van der Waals surface area (Å²) in [5.41, 5.74) is 1.41. The summed E-state index contributed by atoms with van der Waals surface area (Å²) in [6.07, 6.45) is 2.92. The van der Waals surface area contributed by atoms with Gasteiger partial charge < -0.3 is 10.1 Å². The summed E-state index contributed by atoms with van der Waals surface area (Å²) in [4.78, 5) is 39.1. The van der Waals surface area contributed by atoms with Crippen molar-refractivity contribution < 1.29 is 19.2 Å². The van der Waals surface area contributed by atoms with Gasteiger partial charge in [-0.05, 0) is 43.3 Å². The fraction of sp³-hybridized carbons (Fsp3) is 0.0952. The van der Waals surface area contributed by atoms with Crippen LogP contribution >= 0.6 is 0 Å². The summed E-state index contributed by atoms with van der Waals surface area (Å²) < 4.78 is 5.10. The van der Waals surface area contributed by atoms with Gasteiger partial charge in [-0.1, -0.05) is 18.2 Å². The molecule has 0 bridgehead atoms. The van der Waals surface area contributed by atoms with E-state index < -0.39 is 22.9 Å². The predicted molar refractivity (Wildman–Crippen MR) is 108 cm³/mol. The number of carbonyl (C=O) groups excluding carboxylic acids is 2. The molecule has 146 valence electrons. The molecule has 1 heterocycles. The van der Waals surface area contributed by atoms with Gasteiger partial charge in [0.15, 0.2) is 6.10 Å². The minimum absolute atomic E-state index is 0.132. The second-order valence-corrected chi connectivity index (χ2v) is 6.09. The lowest BCUT2D eigenvalue weighted by atomic mass is 10.1. The van der Waals surface area contributed by atoms with Crippen LogP contribution in [0.2, 0.25) is 0 Å². The van der Waals surface area contributed by atoms with E-state index in [9.17, 15) is 19.7 Å². The second kappa shape index (κ2) is 8.75. The highest BCUT2D eigenvalue weighted by Gasteiger charge is 2.18. The Bertz CT molecular complexity index is 1100. The van der Waals surface area contributed by atoms with Crippen LogP contribution in [0.1, 0.15) is 12.5 Å². The molecule has 8 nitrogen and oxygen atoms in total. The Morgan fingerprint density at radius 1 is 1.14 bits per heavy atom. The molecule has 0 saturated carbocycles. The van der Waals surface area contributed by atoms with Crippen LogP contribution in [0.3, 0.4) is 0 Å². The van der Waals surface area contributed by atoms with Crippen molar-refractivity contribution in [2.45, 2.75) is 13.0 Å². The van der Waals surface area contributed by atoms with Gasteiger partial charge in [-0.2, -0.15) is 0 Å². The van der Waals surface area contributed by atoms with Crippen molar-refractivity contribution >= 4 is 40.2 Å². The molecule has 3 aromatic rings. The Hall–Kier alpha value is -4.07. The Kier molecular flexibility index (Phi) is 5.94. The van der Waals surface area contributed by atoms with Crippen LogP contribution in [-0.2, 0) is 14.3 Å². The topological polar surface area (TPSA) is 111 Å². The molecular formula is C21H17N3O5. The van der Waals surface area contributed by atoms with Crippen LogP contribution in [0, 0.1) is 10.1 Å². The van der Waals surface area contributed by atoms with Gasteiger partial charge >= 0.3 is 5.97 Å². The highest BCUT2D eigenvalue weighted by atomic mass is 16.6. The number of carbonyl (C=O) groups is 2. The van der Waals surface area contributed by atoms with E-state index in [2.05, 4.69) is 10.3 Å². The van der Waals surface area contributed by atoms with Gasteiger partial charge in [0.25, 0.3) is 11.6 Å². The van der Waals surface area contributed by atoms with Crippen LogP contribution in [0.4, 0.5) is 11.4 Å². The number of nitrogens with zero attached hydrogens (tertiary/aromatic N) is 2. The molecule has 0 aliphatic carbocycles. The summed E-state index contributed by atoms with van der Waals surface area (Å²) in [7, 11) is 0. The molecular weight excluding hydrogens is 374 g/mol. The number of para-hydroxylation sites is 1. The molecule has 1 atom stereocenters. The molecule has 0 aliphatic heterocycles. The van der Waals surface area contributed by atoms with Crippen molar-refractivity contribution in [2.24, 2.45) is 0 Å². The number of anilines is 1. The number of pyridine rings is 1. The molecule has 1 unspecified atom stereocenters. The lowest BCUT2D eigenvalue weighted by molar-refractivity contribution is -0.385. The van der Waals surface area contributed by atoms with E-state index in [1.165, 1.54) is 31.2 Å². The van der Waals surface area contributed by atoms with Crippen molar-refractivity contribution in [1.82, 2.24) is 4.98 Å². The molecule has 0 radical (unpaired) electrons. The van der Waals surface area contributed by atoms with E-state index in [1.54, 1.807) is 30.5 Å². The summed E-state index contributed by atoms with van der Waals surface area (Å²) in [6, 6.07) is 14.9. The first-order valence-corrected chi connectivity index (χ1v) is 8.72. The molecule has 0 aliphatic rings. The first-order valence-electron chi connectivity index (χ1n) is 8.72. The van der Waals surface area contributed by atoms with Crippen LogP contribution < -0.4 is 5.32 Å². The van der Waals surface area contributed by atoms with E-state index in [4.69, 9.17) is 4.74 Å². The number of ether oxygens (including phenoxy) is 1. The first-order chi connectivity index (χ1) is 14.0. The molecule has 1 aromatic heterocycles. The summed E-state index contributed by atoms with van der Waals surface area (Å²) >= 11 is 0. The maximum absolute atomic E-state index is 12.4.